The molecule has 0 aliphatic carbocycles. The fourth-order valence-corrected chi connectivity index (χ4v) is 2.07. The van der Waals surface area contributed by atoms with Crippen LogP contribution < -0.4 is 16.4 Å². The van der Waals surface area contributed by atoms with Gasteiger partial charge in [-0.15, -0.1) is 10.2 Å². The molecule has 1 aromatic carbocycles. The van der Waals surface area contributed by atoms with E-state index in [-0.39, 0.29) is 24.3 Å². The molecule has 0 radical (unpaired) electrons. The number of carbonyl (C=O) groups excluding carboxylic acids is 2. The SMILES string of the molecule is CC(C)[C@H](N)C(=O)NCC(=O)Nc1cccc(-c2nncn2C)c1. The molecule has 0 fully saturated rings. The standard InChI is InChI=1S/C16H22N6O2/c1-10(2)14(17)16(24)18-8-13(23)20-12-6-4-5-11(7-12)15-21-19-9-22(15)3/h4-7,9-10,14H,8,17H2,1-3H3,(H,18,24)(H,20,23)/t14-/m0/s1. The molecule has 4 N–H and O–H groups in total. The van der Waals surface area contributed by atoms with Gasteiger partial charge in [-0.3, -0.25) is 9.59 Å². The number of nitrogens with zero attached hydrogens (tertiary/aromatic N) is 3. The number of anilines is 1. The normalized spacial score (nSPS) is 12.0. The van der Waals surface area contributed by atoms with Crippen molar-refractivity contribution in [1.29, 1.82) is 0 Å². The lowest BCUT2D eigenvalue weighted by Gasteiger charge is -2.15. The lowest BCUT2D eigenvalue weighted by molar-refractivity contribution is -0.125. The van der Waals surface area contributed by atoms with Crippen LogP contribution in [0, 0.1) is 5.92 Å². The van der Waals surface area contributed by atoms with E-state index >= 15 is 0 Å². The molecule has 2 amide bonds. The molecule has 0 bridgehead atoms. The number of benzene rings is 1. The first kappa shape index (κ1) is 17.6. The van der Waals surface area contributed by atoms with Gasteiger partial charge in [-0.2, -0.15) is 0 Å². The lowest BCUT2D eigenvalue weighted by Crippen LogP contribution is -2.46. The highest BCUT2D eigenvalue weighted by molar-refractivity contribution is 5.95. The maximum atomic E-state index is 12.0. The zero-order valence-corrected chi connectivity index (χ0v) is 14.0. The van der Waals surface area contributed by atoms with E-state index in [9.17, 15) is 9.59 Å². The summed E-state index contributed by atoms with van der Waals surface area (Å²) in [6.07, 6.45) is 1.61. The van der Waals surface area contributed by atoms with Crippen molar-refractivity contribution in [2.75, 3.05) is 11.9 Å². The molecule has 1 heterocycles. The van der Waals surface area contributed by atoms with E-state index in [0.717, 1.165) is 5.56 Å². The Morgan fingerprint density at radius 2 is 2.08 bits per heavy atom. The number of aromatic nitrogens is 3. The fraction of sp³-hybridized carbons (Fsp3) is 0.375. The third-order valence-electron chi connectivity index (χ3n) is 3.56. The van der Waals surface area contributed by atoms with Crippen molar-refractivity contribution in [3.63, 3.8) is 0 Å². The quantitative estimate of drug-likeness (QED) is 0.714. The average molecular weight is 330 g/mol. The Morgan fingerprint density at radius 1 is 1.33 bits per heavy atom. The summed E-state index contributed by atoms with van der Waals surface area (Å²) >= 11 is 0. The highest BCUT2D eigenvalue weighted by Crippen LogP contribution is 2.19. The first-order valence-electron chi connectivity index (χ1n) is 7.66. The van der Waals surface area contributed by atoms with Gasteiger partial charge < -0.3 is 20.9 Å². The summed E-state index contributed by atoms with van der Waals surface area (Å²) in [5.41, 5.74) is 7.17. The average Bonchev–Trinajstić information content (AvgIpc) is 2.98. The van der Waals surface area contributed by atoms with Crippen LogP contribution in [0.5, 0.6) is 0 Å². The van der Waals surface area contributed by atoms with Crippen LogP contribution in [0.2, 0.25) is 0 Å². The van der Waals surface area contributed by atoms with Gasteiger partial charge in [0.25, 0.3) is 0 Å². The molecule has 8 nitrogen and oxygen atoms in total. The maximum absolute atomic E-state index is 12.0. The van der Waals surface area contributed by atoms with Crippen LogP contribution >= 0.6 is 0 Å². The minimum Gasteiger partial charge on any atom is -0.346 e. The molecule has 0 aliphatic rings. The second-order valence-corrected chi connectivity index (χ2v) is 5.88. The molecule has 2 aromatic rings. The van der Waals surface area contributed by atoms with Gasteiger partial charge in [-0.05, 0) is 18.1 Å². The molecule has 24 heavy (non-hydrogen) atoms. The number of aryl methyl sites for hydroxylation is 1. The zero-order valence-electron chi connectivity index (χ0n) is 14.0. The number of nitrogens with one attached hydrogen (secondary N) is 2. The van der Waals surface area contributed by atoms with E-state index in [1.165, 1.54) is 0 Å². The van der Waals surface area contributed by atoms with Gasteiger partial charge >= 0.3 is 0 Å². The Hall–Kier alpha value is -2.74. The maximum Gasteiger partial charge on any atom is 0.243 e. The van der Waals surface area contributed by atoms with E-state index in [2.05, 4.69) is 20.8 Å². The summed E-state index contributed by atoms with van der Waals surface area (Å²) in [6, 6.07) is 6.62. The number of amides is 2. The molecule has 1 atom stereocenters. The van der Waals surface area contributed by atoms with E-state index in [0.29, 0.717) is 11.5 Å². The minimum absolute atomic E-state index is 0.0103. The van der Waals surface area contributed by atoms with Crippen LogP contribution in [0.4, 0.5) is 5.69 Å². The predicted octanol–water partition coefficient (Wildman–Crippen LogP) is 0.520. The molecule has 2 rings (SSSR count). The van der Waals surface area contributed by atoms with Crippen LogP contribution in [0.25, 0.3) is 11.4 Å². The summed E-state index contributed by atoms with van der Waals surface area (Å²) in [6.45, 7) is 3.57. The first-order valence-corrected chi connectivity index (χ1v) is 7.66. The van der Waals surface area contributed by atoms with Crippen LogP contribution in [0.3, 0.4) is 0 Å². The van der Waals surface area contributed by atoms with E-state index in [1.807, 2.05) is 33.0 Å². The number of nitrogens with two attached hydrogens (primary N) is 1. The largest absolute Gasteiger partial charge is 0.346 e. The Labute approximate surface area is 140 Å². The molecule has 0 aliphatic heterocycles. The van der Waals surface area contributed by atoms with E-state index in [1.54, 1.807) is 23.0 Å². The van der Waals surface area contributed by atoms with Crippen LogP contribution in [-0.2, 0) is 16.6 Å². The Morgan fingerprint density at radius 3 is 2.71 bits per heavy atom. The van der Waals surface area contributed by atoms with Gasteiger partial charge in [0.1, 0.15) is 6.33 Å². The Kier molecular flexibility index (Phi) is 5.64. The predicted molar refractivity (Wildman–Crippen MR) is 90.9 cm³/mol. The summed E-state index contributed by atoms with van der Waals surface area (Å²) in [5, 5.41) is 13.1. The number of carbonyl (C=O) groups is 2. The highest BCUT2D eigenvalue weighted by Gasteiger charge is 2.17. The summed E-state index contributed by atoms with van der Waals surface area (Å²) in [5.74, 6) is 0.0425. The van der Waals surface area contributed by atoms with Crippen LogP contribution in [0.15, 0.2) is 30.6 Å². The monoisotopic (exact) mass is 330 g/mol. The van der Waals surface area contributed by atoms with Crippen molar-refractivity contribution in [1.82, 2.24) is 20.1 Å². The highest BCUT2D eigenvalue weighted by atomic mass is 16.2. The first-order chi connectivity index (χ1) is 11.4. The Bertz CT molecular complexity index is 725. The van der Waals surface area contributed by atoms with Crippen LogP contribution in [0.1, 0.15) is 13.8 Å². The summed E-state index contributed by atoms with van der Waals surface area (Å²) in [4.78, 5) is 23.7. The van der Waals surface area contributed by atoms with Crippen molar-refractivity contribution in [2.24, 2.45) is 18.7 Å². The van der Waals surface area contributed by atoms with Crippen molar-refractivity contribution < 1.29 is 9.59 Å². The van der Waals surface area contributed by atoms with Gasteiger partial charge in [0.2, 0.25) is 11.8 Å². The third kappa shape index (κ3) is 4.39. The lowest BCUT2D eigenvalue weighted by atomic mass is 10.1. The topological polar surface area (TPSA) is 115 Å². The van der Waals surface area contributed by atoms with Gasteiger partial charge in [0.05, 0.1) is 12.6 Å². The summed E-state index contributed by atoms with van der Waals surface area (Å²) < 4.78 is 1.79. The third-order valence-corrected chi connectivity index (χ3v) is 3.56. The van der Waals surface area contributed by atoms with Crippen molar-refractivity contribution in [3.05, 3.63) is 30.6 Å². The fourth-order valence-electron chi connectivity index (χ4n) is 2.07. The van der Waals surface area contributed by atoms with Crippen molar-refractivity contribution in [2.45, 2.75) is 19.9 Å². The molecular formula is C16H22N6O2. The van der Waals surface area contributed by atoms with Gasteiger partial charge in [-0.25, -0.2) is 0 Å². The smallest absolute Gasteiger partial charge is 0.243 e. The van der Waals surface area contributed by atoms with E-state index < -0.39 is 6.04 Å². The van der Waals surface area contributed by atoms with E-state index in [4.69, 9.17) is 5.73 Å². The molecule has 0 saturated carbocycles. The second-order valence-electron chi connectivity index (χ2n) is 5.88. The molecule has 0 unspecified atom stereocenters. The minimum atomic E-state index is -0.628. The van der Waals surface area contributed by atoms with Crippen LogP contribution in [-0.4, -0.2) is 39.2 Å². The zero-order chi connectivity index (χ0) is 17.7. The molecule has 1 aromatic heterocycles. The number of rotatable bonds is 6. The molecule has 128 valence electrons. The van der Waals surface area contributed by atoms with Crippen molar-refractivity contribution >= 4 is 17.5 Å². The van der Waals surface area contributed by atoms with Gasteiger partial charge in [-0.1, -0.05) is 26.0 Å². The Balaban J connectivity index is 1.95. The number of hydrogen-bond donors (Lipinski definition) is 3. The molecule has 0 spiro atoms. The summed E-state index contributed by atoms with van der Waals surface area (Å²) in [7, 11) is 1.84. The molecular weight excluding hydrogens is 308 g/mol. The second kappa shape index (κ2) is 7.69. The van der Waals surface area contributed by atoms with Gasteiger partial charge in [0.15, 0.2) is 5.82 Å². The van der Waals surface area contributed by atoms with Gasteiger partial charge in [0, 0.05) is 18.3 Å². The number of hydrogen-bond acceptors (Lipinski definition) is 5. The molecule has 0 saturated heterocycles. The molecule has 8 heteroatoms. The van der Waals surface area contributed by atoms with Crippen molar-refractivity contribution in [3.8, 4) is 11.4 Å².